The van der Waals surface area contributed by atoms with Gasteiger partial charge in [-0.15, -0.1) is 0 Å². The second-order valence-electron chi connectivity index (χ2n) is 9.24. The van der Waals surface area contributed by atoms with Gasteiger partial charge in [-0.3, -0.25) is 0 Å². The summed E-state index contributed by atoms with van der Waals surface area (Å²) in [5, 5.41) is 0. The van der Waals surface area contributed by atoms with Crippen LogP contribution in [0.3, 0.4) is 0 Å². The molecule has 0 unspecified atom stereocenters. The Balaban J connectivity index is 1.46. The summed E-state index contributed by atoms with van der Waals surface area (Å²) in [5.74, 6) is 1.99. The second-order valence-corrected chi connectivity index (χ2v) is 9.24. The molecule has 2 aliphatic carbocycles. The summed E-state index contributed by atoms with van der Waals surface area (Å²) in [7, 11) is 0. The third-order valence-electron chi connectivity index (χ3n) is 7.22. The van der Waals surface area contributed by atoms with Crippen molar-refractivity contribution in [2.45, 2.75) is 97.0 Å². The summed E-state index contributed by atoms with van der Waals surface area (Å²) >= 11 is 0. The average Bonchev–Trinajstić information content (AvgIpc) is 2.70. The van der Waals surface area contributed by atoms with E-state index >= 15 is 0 Å². The quantitative estimate of drug-likeness (QED) is 0.435. The lowest BCUT2D eigenvalue weighted by Crippen LogP contribution is -2.38. The first-order valence-electron chi connectivity index (χ1n) is 11.7. The van der Waals surface area contributed by atoms with Crippen molar-refractivity contribution in [2.24, 2.45) is 23.7 Å². The van der Waals surface area contributed by atoms with Crippen molar-refractivity contribution < 1.29 is 13.5 Å². The fourth-order valence-electron chi connectivity index (χ4n) is 5.54. The number of alkyl halides is 2. The number of rotatable bonds is 8. The van der Waals surface area contributed by atoms with Crippen molar-refractivity contribution >= 4 is 0 Å². The van der Waals surface area contributed by atoms with Crippen molar-refractivity contribution in [1.29, 1.82) is 0 Å². The van der Waals surface area contributed by atoms with Crippen LogP contribution >= 0.6 is 0 Å². The van der Waals surface area contributed by atoms with Crippen LogP contribution in [-0.2, 0) is 6.42 Å². The summed E-state index contributed by atoms with van der Waals surface area (Å²) in [6.07, 6.45) is 10.0. The summed E-state index contributed by atoms with van der Waals surface area (Å²) < 4.78 is 34.6. The van der Waals surface area contributed by atoms with Gasteiger partial charge in [-0.05, 0) is 80.4 Å². The minimum atomic E-state index is -3.06. The molecule has 1 aromatic rings. The highest BCUT2D eigenvalue weighted by Gasteiger charge is 2.45. The molecule has 0 aliphatic heterocycles. The third kappa shape index (κ3) is 5.70. The number of aryl methyl sites for hydroxylation is 1. The Hall–Kier alpha value is -1.12. The lowest BCUT2D eigenvalue weighted by molar-refractivity contribution is -0.224. The van der Waals surface area contributed by atoms with Gasteiger partial charge in [0.1, 0.15) is 5.75 Å². The van der Waals surface area contributed by atoms with Gasteiger partial charge in [0.15, 0.2) is 0 Å². The minimum Gasteiger partial charge on any atom is -0.432 e. The highest BCUT2D eigenvalue weighted by Crippen LogP contribution is 2.45. The summed E-state index contributed by atoms with van der Waals surface area (Å²) in [5.41, 5.74) is 1.17. The monoisotopic (exact) mass is 392 g/mol. The maximum atomic E-state index is 14.7. The molecule has 0 spiro atoms. The maximum Gasteiger partial charge on any atom is 0.400 e. The van der Waals surface area contributed by atoms with E-state index in [1.165, 1.54) is 44.1 Å². The molecule has 2 saturated carbocycles. The lowest BCUT2D eigenvalue weighted by atomic mass is 9.68. The normalized spacial score (nSPS) is 28.9. The zero-order valence-corrected chi connectivity index (χ0v) is 17.8. The van der Waals surface area contributed by atoms with Crippen LogP contribution in [0.2, 0.25) is 0 Å². The Kier molecular flexibility index (Phi) is 7.77. The fourth-order valence-corrected chi connectivity index (χ4v) is 5.54. The molecule has 158 valence electrons. The Morgan fingerprint density at radius 2 is 1.39 bits per heavy atom. The Morgan fingerprint density at radius 1 is 0.821 bits per heavy atom. The van der Waals surface area contributed by atoms with Crippen LogP contribution < -0.4 is 4.74 Å². The van der Waals surface area contributed by atoms with E-state index in [9.17, 15) is 8.78 Å². The number of ether oxygens (including phenoxy) is 1. The standard InChI is InChI=1S/C25H38F2O/c1-3-5-19-7-11-21(12-8-19)22-13-15-23(16-14-22)25(26,27)28-24-17-9-20(6-4-2)10-18-24/h9-10,17-19,21-23H,3-8,11-16H2,1-2H3. The molecular formula is C25H38F2O. The van der Waals surface area contributed by atoms with E-state index in [0.29, 0.717) is 24.5 Å². The summed E-state index contributed by atoms with van der Waals surface area (Å²) in [4.78, 5) is 0. The first-order chi connectivity index (χ1) is 13.5. The minimum absolute atomic E-state index is 0.293. The van der Waals surface area contributed by atoms with E-state index in [-0.39, 0.29) is 0 Å². The predicted octanol–water partition coefficient (Wildman–Crippen LogP) is 8.02. The number of hydrogen-bond donors (Lipinski definition) is 0. The molecule has 3 rings (SSSR count). The molecule has 2 fully saturated rings. The fraction of sp³-hybridized carbons (Fsp3) is 0.760. The first kappa shape index (κ1) is 21.6. The van der Waals surface area contributed by atoms with Gasteiger partial charge in [0.2, 0.25) is 0 Å². The first-order valence-corrected chi connectivity index (χ1v) is 11.7. The van der Waals surface area contributed by atoms with E-state index < -0.39 is 12.0 Å². The number of benzene rings is 1. The van der Waals surface area contributed by atoms with Gasteiger partial charge in [-0.25, -0.2) is 0 Å². The Bertz CT molecular complexity index is 567. The third-order valence-corrected chi connectivity index (χ3v) is 7.22. The molecule has 0 bridgehead atoms. The van der Waals surface area contributed by atoms with Crippen molar-refractivity contribution in [3.8, 4) is 5.75 Å². The molecule has 0 N–H and O–H groups in total. The maximum absolute atomic E-state index is 14.7. The zero-order valence-electron chi connectivity index (χ0n) is 17.8. The lowest BCUT2D eigenvalue weighted by Gasteiger charge is -2.39. The molecule has 0 saturated heterocycles. The van der Waals surface area contributed by atoms with Crippen molar-refractivity contribution in [2.75, 3.05) is 0 Å². The smallest absolute Gasteiger partial charge is 0.400 e. The molecule has 2 aliphatic rings. The molecule has 1 aromatic carbocycles. The zero-order chi connectivity index (χ0) is 20.0. The summed E-state index contributed by atoms with van der Waals surface area (Å²) in [6, 6.07) is 7.19. The molecule has 1 nitrogen and oxygen atoms in total. The van der Waals surface area contributed by atoms with Crippen LogP contribution in [0.1, 0.15) is 90.0 Å². The van der Waals surface area contributed by atoms with Crippen LogP contribution in [0.15, 0.2) is 24.3 Å². The predicted molar refractivity (Wildman–Crippen MR) is 112 cm³/mol. The van der Waals surface area contributed by atoms with E-state index in [0.717, 1.165) is 37.5 Å². The highest BCUT2D eigenvalue weighted by molar-refractivity contribution is 5.27. The topological polar surface area (TPSA) is 9.23 Å². The van der Waals surface area contributed by atoms with E-state index in [1.54, 1.807) is 12.1 Å². The Labute approximate surface area is 170 Å². The van der Waals surface area contributed by atoms with Crippen LogP contribution in [0, 0.1) is 23.7 Å². The molecule has 0 radical (unpaired) electrons. The van der Waals surface area contributed by atoms with Crippen molar-refractivity contribution in [3.63, 3.8) is 0 Å². The molecule has 0 amide bonds. The Morgan fingerprint density at radius 3 is 1.93 bits per heavy atom. The van der Waals surface area contributed by atoms with Crippen molar-refractivity contribution in [1.82, 2.24) is 0 Å². The van der Waals surface area contributed by atoms with Gasteiger partial charge in [0.25, 0.3) is 0 Å². The van der Waals surface area contributed by atoms with E-state index in [2.05, 4.69) is 13.8 Å². The van der Waals surface area contributed by atoms with Gasteiger partial charge < -0.3 is 4.74 Å². The average molecular weight is 393 g/mol. The molecule has 0 atom stereocenters. The van der Waals surface area contributed by atoms with Gasteiger partial charge in [-0.2, -0.15) is 8.78 Å². The molecule has 28 heavy (non-hydrogen) atoms. The van der Waals surface area contributed by atoms with Crippen LogP contribution in [-0.4, -0.2) is 6.11 Å². The van der Waals surface area contributed by atoms with Crippen LogP contribution in [0.25, 0.3) is 0 Å². The molecule has 0 heterocycles. The van der Waals surface area contributed by atoms with Crippen LogP contribution in [0.4, 0.5) is 8.78 Å². The summed E-state index contributed by atoms with van der Waals surface area (Å²) in [6.45, 7) is 4.39. The van der Waals surface area contributed by atoms with Gasteiger partial charge in [-0.1, -0.05) is 58.1 Å². The van der Waals surface area contributed by atoms with Gasteiger partial charge >= 0.3 is 6.11 Å². The number of halogens is 2. The van der Waals surface area contributed by atoms with Gasteiger partial charge in [0, 0.05) is 0 Å². The highest BCUT2D eigenvalue weighted by atomic mass is 19.3. The van der Waals surface area contributed by atoms with Gasteiger partial charge in [0.05, 0.1) is 5.92 Å². The van der Waals surface area contributed by atoms with E-state index in [1.807, 2.05) is 12.1 Å². The number of hydrogen-bond acceptors (Lipinski definition) is 1. The van der Waals surface area contributed by atoms with Crippen molar-refractivity contribution in [3.05, 3.63) is 29.8 Å². The second kappa shape index (κ2) is 10.1. The molecule has 0 aromatic heterocycles. The molecule has 3 heteroatoms. The van der Waals surface area contributed by atoms with Crippen LogP contribution in [0.5, 0.6) is 5.75 Å². The molecular weight excluding hydrogens is 354 g/mol. The largest absolute Gasteiger partial charge is 0.432 e. The SMILES string of the molecule is CCCc1ccc(OC(F)(F)C2CCC(C3CCC(CCC)CC3)CC2)cc1. The van der Waals surface area contributed by atoms with E-state index in [4.69, 9.17) is 4.74 Å².